The van der Waals surface area contributed by atoms with Gasteiger partial charge in [-0.1, -0.05) is 12.8 Å². The molecule has 3 saturated heterocycles. The van der Waals surface area contributed by atoms with Gasteiger partial charge in [0.2, 0.25) is 0 Å². The summed E-state index contributed by atoms with van der Waals surface area (Å²) in [5, 5.41) is 3.24. The maximum absolute atomic E-state index is 12.6. The molecule has 2 atom stereocenters. The van der Waals surface area contributed by atoms with Crippen molar-refractivity contribution in [1.29, 1.82) is 0 Å². The summed E-state index contributed by atoms with van der Waals surface area (Å²) in [6, 6.07) is 1.34. The Kier molecular flexibility index (Phi) is 5.96. The van der Waals surface area contributed by atoms with Crippen LogP contribution in [0.4, 0.5) is 9.59 Å². The Morgan fingerprint density at radius 3 is 2.38 bits per heavy atom. The van der Waals surface area contributed by atoms with Gasteiger partial charge in [-0.3, -0.25) is 4.90 Å². The number of piperidine rings is 2. The number of hydrogen-bond donors (Lipinski definition) is 1. The van der Waals surface area contributed by atoms with Crippen LogP contribution in [0.15, 0.2) is 0 Å². The summed E-state index contributed by atoms with van der Waals surface area (Å²) in [5.74, 6) is 0. The first kappa shape index (κ1) is 20.8. The molecule has 2 unspecified atom stereocenters. The van der Waals surface area contributed by atoms with Crippen molar-refractivity contribution < 1.29 is 14.3 Å². The molecular formula is C22H38N4O3. The van der Waals surface area contributed by atoms with Gasteiger partial charge in [-0.05, 0) is 59.3 Å². The number of urea groups is 1. The lowest BCUT2D eigenvalue weighted by atomic mass is 9.85. The van der Waals surface area contributed by atoms with Crippen LogP contribution in [0.5, 0.6) is 0 Å². The normalized spacial score (nSPS) is 31.0. The topological polar surface area (TPSA) is 65.1 Å². The Bertz CT molecular complexity index is 609. The molecule has 164 valence electrons. The molecule has 4 fully saturated rings. The van der Waals surface area contributed by atoms with Crippen molar-refractivity contribution in [3.63, 3.8) is 0 Å². The summed E-state index contributed by atoms with van der Waals surface area (Å²) in [7, 11) is 0. The molecule has 3 amide bonds. The Hall–Kier alpha value is -1.50. The van der Waals surface area contributed by atoms with E-state index in [4.69, 9.17) is 4.74 Å². The Labute approximate surface area is 175 Å². The molecule has 0 aromatic rings. The van der Waals surface area contributed by atoms with E-state index in [0.717, 1.165) is 64.7 Å². The predicted octanol–water partition coefficient (Wildman–Crippen LogP) is 3.19. The van der Waals surface area contributed by atoms with Crippen LogP contribution in [0.25, 0.3) is 0 Å². The molecule has 0 bridgehead atoms. The van der Waals surface area contributed by atoms with Gasteiger partial charge in [0.1, 0.15) is 0 Å². The fourth-order valence-electron chi connectivity index (χ4n) is 5.88. The third-order valence-electron chi connectivity index (χ3n) is 7.69. The SMILES string of the molecule is CC(C)OC(=O)N1CCC(C)(N2CCC(N3C(=O)NC4CCCCC43)CC2)CC1. The number of carbonyl (C=O) groups is 2. The van der Waals surface area contributed by atoms with E-state index < -0.39 is 0 Å². The zero-order chi connectivity index (χ0) is 20.6. The quantitative estimate of drug-likeness (QED) is 0.782. The van der Waals surface area contributed by atoms with Crippen LogP contribution in [0.3, 0.4) is 0 Å². The molecule has 0 aromatic carbocycles. The van der Waals surface area contributed by atoms with Crippen LogP contribution in [-0.2, 0) is 4.74 Å². The minimum absolute atomic E-state index is 0.0682. The van der Waals surface area contributed by atoms with Gasteiger partial charge >= 0.3 is 12.1 Å². The lowest BCUT2D eigenvalue weighted by molar-refractivity contribution is -0.00233. The first-order valence-electron chi connectivity index (χ1n) is 11.7. The fourth-order valence-corrected chi connectivity index (χ4v) is 5.88. The van der Waals surface area contributed by atoms with Crippen molar-refractivity contribution in [2.45, 2.75) is 102 Å². The fraction of sp³-hybridized carbons (Fsp3) is 0.909. The minimum Gasteiger partial charge on any atom is -0.447 e. The Morgan fingerprint density at radius 1 is 1.07 bits per heavy atom. The largest absolute Gasteiger partial charge is 0.447 e. The second kappa shape index (κ2) is 8.32. The number of rotatable bonds is 3. The third-order valence-corrected chi connectivity index (χ3v) is 7.69. The maximum atomic E-state index is 12.6. The van der Waals surface area contributed by atoms with E-state index in [9.17, 15) is 9.59 Å². The molecule has 4 aliphatic rings. The third kappa shape index (κ3) is 4.21. The Morgan fingerprint density at radius 2 is 1.72 bits per heavy atom. The number of nitrogens with zero attached hydrogens (tertiary/aromatic N) is 3. The zero-order valence-electron chi connectivity index (χ0n) is 18.4. The van der Waals surface area contributed by atoms with E-state index in [1.54, 1.807) is 0 Å². The number of fused-ring (bicyclic) bond motifs is 1. The van der Waals surface area contributed by atoms with Gasteiger partial charge in [-0.2, -0.15) is 0 Å². The average Bonchev–Trinajstić information content (AvgIpc) is 3.04. The smallest absolute Gasteiger partial charge is 0.410 e. The van der Waals surface area contributed by atoms with Gasteiger partial charge in [0.05, 0.1) is 18.2 Å². The van der Waals surface area contributed by atoms with Crippen LogP contribution in [0.1, 0.15) is 72.1 Å². The first-order chi connectivity index (χ1) is 13.9. The Balaban J connectivity index is 1.29. The van der Waals surface area contributed by atoms with Crippen molar-refractivity contribution in [2.24, 2.45) is 0 Å². The van der Waals surface area contributed by atoms with E-state index in [1.165, 1.54) is 12.8 Å². The number of nitrogens with one attached hydrogen (secondary N) is 1. The summed E-state index contributed by atoms with van der Waals surface area (Å²) in [5.41, 5.74) is 0.139. The van der Waals surface area contributed by atoms with Crippen LogP contribution < -0.4 is 5.32 Å². The molecule has 7 heteroatoms. The van der Waals surface area contributed by atoms with Crippen LogP contribution in [-0.4, -0.2) is 82.8 Å². The molecule has 1 N–H and O–H groups in total. The number of amides is 3. The number of carbonyl (C=O) groups excluding carboxylic acids is 2. The van der Waals surface area contributed by atoms with E-state index >= 15 is 0 Å². The second-order valence-corrected chi connectivity index (χ2v) is 9.95. The van der Waals surface area contributed by atoms with E-state index in [0.29, 0.717) is 18.1 Å². The van der Waals surface area contributed by atoms with Gasteiger partial charge in [0, 0.05) is 37.8 Å². The first-order valence-corrected chi connectivity index (χ1v) is 11.7. The summed E-state index contributed by atoms with van der Waals surface area (Å²) in [4.78, 5) is 31.5. The molecule has 7 nitrogen and oxygen atoms in total. The van der Waals surface area contributed by atoms with Crippen molar-refractivity contribution in [3.05, 3.63) is 0 Å². The van der Waals surface area contributed by atoms with Crippen molar-refractivity contribution in [1.82, 2.24) is 20.0 Å². The zero-order valence-corrected chi connectivity index (χ0v) is 18.4. The van der Waals surface area contributed by atoms with E-state index in [1.807, 2.05) is 18.7 Å². The number of likely N-dealkylation sites (tertiary alicyclic amines) is 2. The molecule has 1 saturated carbocycles. The lowest BCUT2D eigenvalue weighted by Gasteiger charge is -2.50. The van der Waals surface area contributed by atoms with E-state index in [-0.39, 0.29) is 23.8 Å². The highest BCUT2D eigenvalue weighted by atomic mass is 16.6. The molecule has 0 spiro atoms. The monoisotopic (exact) mass is 406 g/mol. The molecule has 29 heavy (non-hydrogen) atoms. The van der Waals surface area contributed by atoms with Gasteiger partial charge in [-0.15, -0.1) is 0 Å². The summed E-state index contributed by atoms with van der Waals surface area (Å²) < 4.78 is 5.36. The van der Waals surface area contributed by atoms with Gasteiger partial charge in [-0.25, -0.2) is 9.59 Å². The summed E-state index contributed by atoms with van der Waals surface area (Å²) in [6.45, 7) is 9.74. The molecule has 4 rings (SSSR count). The standard InChI is InChI=1S/C22H38N4O3/c1-16(2)29-21(28)24-14-10-22(3,11-15-24)25-12-8-17(9-13-25)26-19-7-5-4-6-18(19)23-20(26)27/h16-19H,4-15H2,1-3H3,(H,23,27). The highest BCUT2D eigenvalue weighted by molar-refractivity contribution is 5.78. The molecule has 0 aromatic heterocycles. The number of hydrogen-bond acceptors (Lipinski definition) is 4. The highest BCUT2D eigenvalue weighted by Gasteiger charge is 2.46. The average molecular weight is 407 g/mol. The molecule has 3 heterocycles. The van der Waals surface area contributed by atoms with Gasteiger partial charge < -0.3 is 19.9 Å². The van der Waals surface area contributed by atoms with Crippen LogP contribution in [0, 0.1) is 0 Å². The lowest BCUT2D eigenvalue weighted by Crippen LogP contribution is -2.59. The van der Waals surface area contributed by atoms with Gasteiger partial charge in [0.15, 0.2) is 0 Å². The molecule has 0 radical (unpaired) electrons. The summed E-state index contributed by atoms with van der Waals surface area (Å²) in [6.07, 6.45) is 8.64. The van der Waals surface area contributed by atoms with Crippen molar-refractivity contribution in [2.75, 3.05) is 26.2 Å². The maximum Gasteiger partial charge on any atom is 0.410 e. The minimum atomic E-state index is -0.178. The summed E-state index contributed by atoms with van der Waals surface area (Å²) >= 11 is 0. The van der Waals surface area contributed by atoms with Gasteiger partial charge in [0.25, 0.3) is 0 Å². The molecule has 3 aliphatic heterocycles. The molecular weight excluding hydrogens is 368 g/mol. The van der Waals surface area contributed by atoms with Crippen LogP contribution in [0.2, 0.25) is 0 Å². The predicted molar refractivity (Wildman–Crippen MR) is 112 cm³/mol. The molecule has 1 aliphatic carbocycles. The van der Waals surface area contributed by atoms with Crippen molar-refractivity contribution >= 4 is 12.1 Å². The van der Waals surface area contributed by atoms with E-state index in [2.05, 4.69) is 22.0 Å². The second-order valence-electron chi connectivity index (χ2n) is 9.95. The number of ether oxygens (including phenoxy) is 1. The van der Waals surface area contributed by atoms with Crippen molar-refractivity contribution in [3.8, 4) is 0 Å². The highest BCUT2D eigenvalue weighted by Crippen LogP contribution is 2.35. The van der Waals surface area contributed by atoms with Crippen LogP contribution >= 0.6 is 0 Å².